The van der Waals surface area contributed by atoms with Crippen LogP contribution in [-0.4, -0.2) is 19.0 Å². The van der Waals surface area contributed by atoms with Gasteiger partial charge in [-0.2, -0.15) is 11.3 Å². The van der Waals surface area contributed by atoms with Crippen molar-refractivity contribution in [3.05, 3.63) is 45.1 Å². The number of hydrogen-bond acceptors (Lipinski definition) is 4. The number of rotatable bonds is 2. The molecule has 0 spiro atoms. The number of ketones is 1. The van der Waals surface area contributed by atoms with Crippen LogP contribution in [0.1, 0.15) is 15.9 Å². The molecule has 0 unspecified atom stereocenters. The van der Waals surface area contributed by atoms with Gasteiger partial charge in [0.15, 0.2) is 17.3 Å². The first-order valence-corrected chi connectivity index (χ1v) is 6.74. The predicted molar refractivity (Wildman–Crippen MR) is 70.2 cm³/mol. The van der Waals surface area contributed by atoms with E-state index in [0.29, 0.717) is 40.9 Å². The second-order valence-corrected chi connectivity index (χ2v) is 5.00. The summed E-state index contributed by atoms with van der Waals surface area (Å²) in [7, 11) is 0. The molecule has 0 saturated heterocycles. The number of halogens is 1. The molecule has 1 aromatic carbocycles. The summed E-state index contributed by atoms with van der Waals surface area (Å²) >= 11 is 7.60. The molecular weight excluding hydrogens is 272 g/mol. The van der Waals surface area contributed by atoms with Crippen LogP contribution in [0.4, 0.5) is 0 Å². The van der Waals surface area contributed by atoms with Crippen molar-refractivity contribution in [1.29, 1.82) is 0 Å². The summed E-state index contributed by atoms with van der Waals surface area (Å²) in [5.74, 6) is 1.07. The van der Waals surface area contributed by atoms with Crippen LogP contribution in [0.25, 0.3) is 0 Å². The van der Waals surface area contributed by atoms with Crippen molar-refractivity contribution in [2.75, 3.05) is 13.2 Å². The maximum Gasteiger partial charge on any atom is 0.195 e. The molecule has 1 aromatic heterocycles. The van der Waals surface area contributed by atoms with Crippen molar-refractivity contribution in [3.8, 4) is 11.5 Å². The molecule has 2 aromatic rings. The molecule has 5 heteroatoms. The fourth-order valence-electron chi connectivity index (χ4n) is 1.79. The molecule has 0 bridgehead atoms. The SMILES string of the molecule is O=C(c1ccsc1)c1cc2c(cc1Cl)OCCO2. The van der Waals surface area contributed by atoms with Crippen LogP contribution >= 0.6 is 22.9 Å². The van der Waals surface area contributed by atoms with Gasteiger partial charge in [-0.1, -0.05) is 11.6 Å². The lowest BCUT2D eigenvalue weighted by atomic mass is 10.1. The third-order valence-electron chi connectivity index (χ3n) is 2.66. The summed E-state index contributed by atoms with van der Waals surface area (Å²) in [6.07, 6.45) is 0. The van der Waals surface area contributed by atoms with Crippen molar-refractivity contribution in [1.82, 2.24) is 0 Å². The lowest BCUT2D eigenvalue weighted by molar-refractivity contribution is 0.103. The summed E-state index contributed by atoms with van der Waals surface area (Å²) in [5.41, 5.74) is 1.08. The highest BCUT2D eigenvalue weighted by atomic mass is 35.5. The molecule has 0 saturated carbocycles. The summed E-state index contributed by atoms with van der Waals surface area (Å²) in [5, 5.41) is 4.05. The minimum Gasteiger partial charge on any atom is -0.486 e. The van der Waals surface area contributed by atoms with Crippen LogP contribution in [0.3, 0.4) is 0 Å². The largest absolute Gasteiger partial charge is 0.486 e. The zero-order chi connectivity index (χ0) is 12.5. The Bertz CT molecular complexity index is 593. The van der Waals surface area contributed by atoms with Gasteiger partial charge in [0.25, 0.3) is 0 Å². The predicted octanol–water partition coefficient (Wildman–Crippen LogP) is 3.40. The Kier molecular flexibility index (Phi) is 2.97. The molecular formula is C13H9ClO3S. The highest BCUT2D eigenvalue weighted by Crippen LogP contribution is 2.36. The van der Waals surface area contributed by atoms with E-state index in [2.05, 4.69) is 0 Å². The number of benzene rings is 1. The van der Waals surface area contributed by atoms with Crippen molar-refractivity contribution < 1.29 is 14.3 Å². The lowest BCUT2D eigenvalue weighted by Gasteiger charge is -2.19. The highest BCUT2D eigenvalue weighted by molar-refractivity contribution is 7.08. The van der Waals surface area contributed by atoms with Crippen LogP contribution < -0.4 is 9.47 Å². The van der Waals surface area contributed by atoms with E-state index >= 15 is 0 Å². The van der Waals surface area contributed by atoms with E-state index in [9.17, 15) is 4.79 Å². The molecule has 1 aliphatic rings. The Morgan fingerprint density at radius 3 is 2.61 bits per heavy atom. The first kappa shape index (κ1) is 11.6. The van der Waals surface area contributed by atoms with E-state index in [-0.39, 0.29) is 5.78 Å². The third-order valence-corrected chi connectivity index (χ3v) is 3.66. The average Bonchev–Trinajstić information content (AvgIpc) is 2.91. The molecule has 0 aliphatic carbocycles. The summed E-state index contributed by atoms with van der Waals surface area (Å²) < 4.78 is 10.9. The Morgan fingerprint density at radius 1 is 1.22 bits per heavy atom. The van der Waals surface area contributed by atoms with Gasteiger partial charge in [0, 0.05) is 22.6 Å². The smallest absolute Gasteiger partial charge is 0.195 e. The Morgan fingerprint density at radius 2 is 1.94 bits per heavy atom. The van der Waals surface area contributed by atoms with Crippen molar-refractivity contribution >= 4 is 28.7 Å². The molecule has 3 rings (SSSR count). The summed E-state index contributed by atoms with van der Waals surface area (Å²) in [6.45, 7) is 0.988. The normalized spacial score (nSPS) is 13.4. The van der Waals surface area contributed by atoms with E-state index < -0.39 is 0 Å². The highest BCUT2D eigenvalue weighted by Gasteiger charge is 2.20. The second kappa shape index (κ2) is 4.63. The zero-order valence-corrected chi connectivity index (χ0v) is 10.9. The molecule has 0 fully saturated rings. The fourth-order valence-corrected chi connectivity index (χ4v) is 2.66. The van der Waals surface area contributed by atoms with Crippen LogP contribution in [0.2, 0.25) is 5.02 Å². The minimum absolute atomic E-state index is 0.0989. The van der Waals surface area contributed by atoms with Crippen molar-refractivity contribution in [3.63, 3.8) is 0 Å². The van der Waals surface area contributed by atoms with Gasteiger partial charge in [-0.3, -0.25) is 4.79 Å². The van der Waals surface area contributed by atoms with Gasteiger partial charge in [-0.05, 0) is 17.5 Å². The molecule has 18 heavy (non-hydrogen) atoms. The van der Waals surface area contributed by atoms with E-state index in [0.717, 1.165) is 0 Å². The van der Waals surface area contributed by atoms with Gasteiger partial charge in [0.1, 0.15) is 13.2 Å². The Balaban J connectivity index is 2.04. The number of thiophene rings is 1. The summed E-state index contributed by atoms with van der Waals surface area (Å²) in [4.78, 5) is 12.2. The number of hydrogen-bond donors (Lipinski definition) is 0. The molecule has 1 aliphatic heterocycles. The van der Waals surface area contributed by atoms with Crippen LogP contribution in [0.5, 0.6) is 11.5 Å². The molecule has 3 nitrogen and oxygen atoms in total. The molecule has 0 amide bonds. The minimum atomic E-state index is -0.0989. The Labute approximate surface area is 113 Å². The monoisotopic (exact) mass is 280 g/mol. The van der Waals surface area contributed by atoms with Gasteiger partial charge in [-0.25, -0.2) is 0 Å². The van der Waals surface area contributed by atoms with Crippen LogP contribution in [0, 0.1) is 0 Å². The lowest BCUT2D eigenvalue weighted by Crippen LogP contribution is -2.16. The van der Waals surface area contributed by atoms with Gasteiger partial charge in [0.2, 0.25) is 0 Å². The van der Waals surface area contributed by atoms with Crippen molar-refractivity contribution in [2.45, 2.75) is 0 Å². The van der Waals surface area contributed by atoms with Gasteiger partial charge in [-0.15, -0.1) is 0 Å². The maximum absolute atomic E-state index is 12.2. The van der Waals surface area contributed by atoms with Gasteiger partial charge in [0.05, 0.1) is 5.02 Å². The van der Waals surface area contributed by atoms with Crippen LogP contribution in [-0.2, 0) is 0 Å². The maximum atomic E-state index is 12.2. The molecule has 2 heterocycles. The quantitative estimate of drug-likeness (QED) is 0.791. The molecule has 0 atom stereocenters. The van der Waals surface area contributed by atoms with E-state index in [1.165, 1.54) is 11.3 Å². The topological polar surface area (TPSA) is 35.5 Å². The van der Waals surface area contributed by atoms with E-state index in [4.69, 9.17) is 21.1 Å². The van der Waals surface area contributed by atoms with E-state index in [1.54, 1.807) is 23.6 Å². The zero-order valence-electron chi connectivity index (χ0n) is 9.31. The second-order valence-electron chi connectivity index (χ2n) is 3.82. The first-order chi connectivity index (χ1) is 8.75. The third kappa shape index (κ3) is 1.98. The fraction of sp³-hybridized carbons (Fsp3) is 0.154. The van der Waals surface area contributed by atoms with E-state index in [1.807, 2.05) is 5.38 Å². The Hall–Kier alpha value is -1.52. The standard InChI is InChI=1S/C13H9ClO3S/c14-10-6-12-11(16-2-3-17-12)5-9(10)13(15)8-1-4-18-7-8/h1,4-7H,2-3H2. The number of fused-ring (bicyclic) bond motifs is 1. The number of ether oxygens (including phenoxy) is 2. The molecule has 92 valence electrons. The van der Waals surface area contributed by atoms with Gasteiger partial charge < -0.3 is 9.47 Å². The summed E-state index contributed by atoms with van der Waals surface area (Å²) in [6, 6.07) is 5.06. The number of carbonyl (C=O) groups excluding carboxylic acids is 1. The first-order valence-electron chi connectivity index (χ1n) is 5.42. The van der Waals surface area contributed by atoms with Gasteiger partial charge >= 0.3 is 0 Å². The van der Waals surface area contributed by atoms with Crippen LogP contribution in [0.15, 0.2) is 29.0 Å². The number of carbonyl (C=O) groups is 1. The molecule has 0 radical (unpaired) electrons. The van der Waals surface area contributed by atoms with Crippen molar-refractivity contribution in [2.24, 2.45) is 0 Å². The average molecular weight is 281 g/mol. The molecule has 0 N–H and O–H groups in total.